The molecule has 1 atom stereocenters. The SMILES string of the molecule is CCc1ccccc1CN(C)C1CCCNCC1.Cl. The third-order valence-corrected chi connectivity index (χ3v) is 4.09. The molecule has 1 saturated heterocycles. The largest absolute Gasteiger partial charge is 0.317 e. The van der Waals surface area contributed by atoms with Gasteiger partial charge in [0.15, 0.2) is 0 Å². The summed E-state index contributed by atoms with van der Waals surface area (Å²) in [6.07, 6.45) is 5.06. The van der Waals surface area contributed by atoms with E-state index in [4.69, 9.17) is 0 Å². The molecule has 0 radical (unpaired) electrons. The van der Waals surface area contributed by atoms with Gasteiger partial charge < -0.3 is 5.32 Å². The molecule has 2 rings (SSSR count). The highest BCUT2D eigenvalue weighted by molar-refractivity contribution is 5.85. The second-order valence-corrected chi connectivity index (χ2v) is 5.37. The van der Waals surface area contributed by atoms with Crippen LogP contribution in [0.25, 0.3) is 0 Å². The Morgan fingerprint density at radius 1 is 1.16 bits per heavy atom. The van der Waals surface area contributed by atoms with Crippen molar-refractivity contribution in [3.8, 4) is 0 Å². The molecule has 1 N–H and O–H groups in total. The summed E-state index contributed by atoms with van der Waals surface area (Å²) in [5.41, 5.74) is 3.00. The van der Waals surface area contributed by atoms with Gasteiger partial charge in [0.2, 0.25) is 0 Å². The molecule has 0 aliphatic carbocycles. The molecule has 1 aliphatic rings. The van der Waals surface area contributed by atoms with Gasteiger partial charge in [-0.1, -0.05) is 31.2 Å². The molecule has 3 heteroatoms. The first-order valence-electron chi connectivity index (χ1n) is 7.29. The molecule has 0 aromatic heterocycles. The molecule has 1 aromatic carbocycles. The number of halogens is 1. The van der Waals surface area contributed by atoms with Gasteiger partial charge in [0.05, 0.1) is 0 Å². The van der Waals surface area contributed by atoms with Crippen molar-refractivity contribution in [2.45, 2.75) is 45.2 Å². The Bertz CT molecular complexity index is 360. The average molecular weight is 283 g/mol. The molecular weight excluding hydrogens is 256 g/mol. The van der Waals surface area contributed by atoms with Crippen LogP contribution < -0.4 is 5.32 Å². The summed E-state index contributed by atoms with van der Waals surface area (Å²) < 4.78 is 0. The minimum Gasteiger partial charge on any atom is -0.317 e. The lowest BCUT2D eigenvalue weighted by molar-refractivity contribution is 0.216. The van der Waals surface area contributed by atoms with Crippen molar-refractivity contribution in [1.82, 2.24) is 10.2 Å². The second kappa shape index (κ2) is 8.57. The standard InChI is InChI=1S/C16H26N2.ClH/c1-3-14-7-4-5-8-15(14)13-18(2)16-9-6-11-17-12-10-16;/h4-5,7-8,16-17H,3,6,9-13H2,1-2H3;1H. The van der Waals surface area contributed by atoms with Gasteiger partial charge in [-0.25, -0.2) is 0 Å². The molecule has 1 aliphatic heterocycles. The van der Waals surface area contributed by atoms with E-state index < -0.39 is 0 Å². The van der Waals surface area contributed by atoms with Crippen LogP contribution in [0.15, 0.2) is 24.3 Å². The maximum absolute atomic E-state index is 3.49. The number of hydrogen-bond donors (Lipinski definition) is 1. The van der Waals surface area contributed by atoms with E-state index >= 15 is 0 Å². The number of benzene rings is 1. The topological polar surface area (TPSA) is 15.3 Å². The Kier molecular flexibility index (Phi) is 7.44. The molecule has 1 heterocycles. The lowest BCUT2D eigenvalue weighted by Crippen LogP contribution is -2.32. The third-order valence-electron chi connectivity index (χ3n) is 4.09. The van der Waals surface area contributed by atoms with Crippen LogP contribution >= 0.6 is 12.4 Å². The van der Waals surface area contributed by atoms with E-state index in [1.165, 1.54) is 43.5 Å². The van der Waals surface area contributed by atoms with Crippen LogP contribution in [0.5, 0.6) is 0 Å². The minimum atomic E-state index is 0. The summed E-state index contributed by atoms with van der Waals surface area (Å²) in [4.78, 5) is 2.54. The predicted octanol–water partition coefficient (Wildman–Crippen LogP) is 3.24. The Morgan fingerprint density at radius 3 is 2.63 bits per heavy atom. The average Bonchev–Trinajstić information content (AvgIpc) is 2.68. The van der Waals surface area contributed by atoms with Gasteiger partial charge in [-0.3, -0.25) is 4.90 Å². The Balaban J connectivity index is 0.00000180. The fraction of sp³-hybridized carbons (Fsp3) is 0.625. The lowest BCUT2D eigenvalue weighted by atomic mass is 10.0. The molecule has 0 spiro atoms. The van der Waals surface area contributed by atoms with E-state index in [-0.39, 0.29) is 12.4 Å². The van der Waals surface area contributed by atoms with Gasteiger partial charge in [-0.2, -0.15) is 0 Å². The van der Waals surface area contributed by atoms with Gasteiger partial charge in [-0.05, 0) is 56.9 Å². The van der Waals surface area contributed by atoms with Crippen LogP contribution in [0.4, 0.5) is 0 Å². The maximum atomic E-state index is 3.49. The van der Waals surface area contributed by atoms with Crippen LogP contribution in [0, 0.1) is 0 Å². The normalized spacial score (nSPS) is 19.8. The minimum absolute atomic E-state index is 0. The lowest BCUT2D eigenvalue weighted by Gasteiger charge is -2.27. The van der Waals surface area contributed by atoms with E-state index in [0.29, 0.717) is 0 Å². The Hall–Kier alpha value is -0.570. The van der Waals surface area contributed by atoms with Gasteiger partial charge in [0.25, 0.3) is 0 Å². The molecule has 1 unspecified atom stereocenters. The van der Waals surface area contributed by atoms with Crippen LogP contribution in [-0.2, 0) is 13.0 Å². The number of nitrogens with zero attached hydrogens (tertiary/aromatic N) is 1. The zero-order chi connectivity index (χ0) is 12.8. The predicted molar refractivity (Wildman–Crippen MR) is 85.0 cm³/mol. The van der Waals surface area contributed by atoms with E-state index in [1.807, 2.05) is 0 Å². The summed E-state index contributed by atoms with van der Waals surface area (Å²) in [5.74, 6) is 0. The Morgan fingerprint density at radius 2 is 1.89 bits per heavy atom. The van der Waals surface area contributed by atoms with Crippen molar-refractivity contribution in [1.29, 1.82) is 0 Å². The number of aryl methyl sites for hydroxylation is 1. The van der Waals surface area contributed by atoms with Crippen LogP contribution in [0.1, 0.15) is 37.3 Å². The highest BCUT2D eigenvalue weighted by Gasteiger charge is 2.17. The van der Waals surface area contributed by atoms with Gasteiger partial charge in [0.1, 0.15) is 0 Å². The fourth-order valence-corrected chi connectivity index (χ4v) is 2.90. The zero-order valence-electron chi connectivity index (χ0n) is 12.2. The molecule has 0 saturated carbocycles. The highest BCUT2D eigenvalue weighted by atomic mass is 35.5. The summed E-state index contributed by atoms with van der Waals surface area (Å²) in [5, 5.41) is 3.49. The maximum Gasteiger partial charge on any atom is 0.0236 e. The fourth-order valence-electron chi connectivity index (χ4n) is 2.90. The monoisotopic (exact) mass is 282 g/mol. The van der Waals surface area contributed by atoms with Crippen molar-refractivity contribution < 1.29 is 0 Å². The molecule has 19 heavy (non-hydrogen) atoms. The summed E-state index contributed by atoms with van der Waals surface area (Å²) >= 11 is 0. The molecule has 1 aromatic rings. The molecule has 0 bridgehead atoms. The first-order chi connectivity index (χ1) is 8.81. The van der Waals surface area contributed by atoms with E-state index in [0.717, 1.165) is 19.0 Å². The first-order valence-corrected chi connectivity index (χ1v) is 7.29. The Labute approximate surface area is 124 Å². The molecule has 1 fully saturated rings. The van der Waals surface area contributed by atoms with E-state index in [1.54, 1.807) is 0 Å². The highest BCUT2D eigenvalue weighted by Crippen LogP contribution is 2.17. The molecule has 0 amide bonds. The second-order valence-electron chi connectivity index (χ2n) is 5.37. The van der Waals surface area contributed by atoms with Crippen molar-refractivity contribution >= 4 is 12.4 Å². The van der Waals surface area contributed by atoms with Crippen LogP contribution in [0.2, 0.25) is 0 Å². The molecular formula is C16H27ClN2. The number of rotatable bonds is 4. The smallest absolute Gasteiger partial charge is 0.0236 e. The number of nitrogens with one attached hydrogen (secondary N) is 1. The van der Waals surface area contributed by atoms with Gasteiger partial charge >= 0.3 is 0 Å². The summed E-state index contributed by atoms with van der Waals surface area (Å²) in [6, 6.07) is 9.60. The quantitative estimate of drug-likeness (QED) is 0.912. The molecule has 2 nitrogen and oxygen atoms in total. The third kappa shape index (κ3) is 4.79. The van der Waals surface area contributed by atoms with Crippen molar-refractivity contribution in [2.75, 3.05) is 20.1 Å². The van der Waals surface area contributed by atoms with E-state index in [9.17, 15) is 0 Å². The van der Waals surface area contributed by atoms with E-state index in [2.05, 4.69) is 48.5 Å². The van der Waals surface area contributed by atoms with Crippen molar-refractivity contribution in [2.24, 2.45) is 0 Å². The first kappa shape index (κ1) is 16.5. The van der Waals surface area contributed by atoms with Crippen molar-refractivity contribution in [3.05, 3.63) is 35.4 Å². The van der Waals surface area contributed by atoms with Gasteiger partial charge in [0, 0.05) is 12.6 Å². The zero-order valence-corrected chi connectivity index (χ0v) is 13.0. The van der Waals surface area contributed by atoms with Crippen molar-refractivity contribution in [3.63, 3.8) is 0 Å². The number of hydrogen-bond acceptors (Lipinski definition) is 2. The summed E-state index contributed by atoms with van der Waals surface area (Å²) in [7, 11) is 2.28. The van der Waals surface area contributed by atoms with Crippen LogP contribution in [-0.4, -0.2) is 31.1 Å². The molecule has 108 valence electrons. The van der Waals surface area contributed by atoms with Gasteiger partial charge in [-0.15, -0.1) is 12.4 Å². The van der Waals surface area contributed by atoms with Crippen LogP contribution in [0.3, 0.4) is 0 Å². The summed E-state index contributed by atoms with van der Waals surface area (Å²) in [6.45, 7) is 5.70.